The maximum absolute atomic E-state index is 11.1. The summed E-state index contributed by atoms with van der Waals surface area (Å²) in [7, 11) is 0. The van der Waals surface area contributed by atoms with Crippen LogP contribution in [0.3, 0.4) is 0 Å². The Morgan fingerprint density at radius 1 is 1.21 bits per heavy atom. The summed E-state index contributed by atoms with van der Waals surface area (Å²) in [6.45, 7) is 2.09. The minimum Gasteiger partial charge on any atom is -0.378 e. The highest BCUT2D eigenvalue weighted by Gasteiger charge is 2.39. The summed E-state index contributed by atoms with van der Waals surface area (Å²) in [4.78, 5) is 10.8. The minimum absolute atomic E-state index is 0.0346. The summed E-state index contributed by atoms with van der Waals surface area (Å²) < 4.78 is 0. The standard InChI is InChI=1S/C19H17ClN2O2/c1-11-5-8-18-15(9-11)13-3-2-4-14(13)19(21-18)16-10-12(22(23)24)6-7-17(16)20/h2-3,5-10,13-14,19,21H,4H2,1H3/t13-,14-,19+/m0/s1. The quantitative estimate of drug-likeness (QED) is 0.453. The summed E-state index contributed by atoms with van der Waals surface area (Å²) in [5.74, 6) is 0.639. The summed E-state index contributed by atoms with van der Waals surface area (Å²) in [5.41, 5.74) is 4.50. The minimum atomic E-state index is -0.371. The number of hydrogen-bond donors (Lipinski definition) is 1. The average molecular weight is 341 g/mol. The molecule has 0 aromatic heterocycles. The van der Waals surface area contributed by atoms with Crippen LogP contribution in [0.5, 0.6) is 0 Å². The van der Waals surface area contributed by atoms with Gasteiger partial charge in [0.15, 0.2) is 0 Å². The first-order chi connectivity index (χ1) is 11.5. The van der Waals surface area contributed by atoms with E-state index in [1.165, 1.54) is 17.2 Å². The number of nitrogens with one attached hydrogen (secondary N) is 1. The van der Waals surface area contributed by atoms with E-state index in [4.69, 9.17) is 11.6 Å². The second kappa shape index (κ2) is 5.64. The van der Waals surface area contributed by atoms with E-state index in [2.05, 4.69) is 42.6 Å². The Labute approximate surface area is 145 Å². The van der Waals surface area contributed by atoms with Crippen LogP contribution in [-0.4, -0.2) is 4.92 Å². The molecule has 2 aliphatic rings. The number of non-ortho nitro benzene ring substituents is 1. The fourth-order valence-corrected chi connectivity index (χ4v) is 4.14. The number of halogens is 1. The Morgan fingerprint density at radius 3 is 2.83 bits per heavy atom. The van der Waals surface area contributed by atoms with Crippen LogP contribution in [0.25, 0.3) is 0 Å². The van der Waals surface area contributed by atoms with E-state index in [9.17, 15) is 10.1 Å². The van der Waals surface area contributed by atoms with Crippen molar-refractivity contribution in [3.8, 4) is 0 Å². The number of fused-ring (bicyclic) bond motifs is 3. The van der Waals surface area contributed by atoms with E-state index in [0.717, 1.165) is 17.7 Å². The van der Waals surface area contributed by atoms with Crippen LogP contribution in [0, 0.1) is 23.0 Å². The lowest BCUT2D eigenvalue weighted by molar-refractivity contribution is -0.384. The number of nitrogens with zero attached hydrogens (tertiary/aromatic N) is 1. The molecule has 0 unspecified atom stereocenters. The lowest BCUT2D eigenvalue weighted by Crippen LogP contribution is -2.29. The first-order valence-corrected chi connectivity index (χ1v) is 8.40. The molecule has 1 heterocycles. The summed E-state index contributed by atoms with van der Waals surface area (Å²) in [6.07, 6.45) is 5.39. The molecule has 0 amide bonds. The molecule has 0 bridgehead atoms. The molecular weight excluding hydrogens is 324 g/mol. The van der Waals surface area contributed by atoms with Gasteiger partial charge in [-0.1, -0.05) is 41.4 Å². The largest absolute Gasteiger partial charge is 0.378 e. The van der Waals surface area contributed by atoms with Crippen LogP contribution in [0.1, 0.15) is 35.1 Å². The highest BCUT2D eigenvalue weighted by molar-refractivity contribution is 6.31. The van der Waals surface area contributed by atoms with Crippen LogP contribution >= 0.6 is 11.6 Å². The first kappa shape index (κ1) is 15.2. The fourth-order valence-electron chi connectivity index (χ4n) is 3.90. The Balaban J connectivity index is 1.81. The molecule has 0 spiro atoms. The Hall–Kier alpha value is -2.33. The number of aryl methyl sites for hydroxylation is 1. The molecule has 24 heavy (non-hydrogen) atoms. The maximum Gasteiger partial charge on any atom is 0.269 e. The number of hydrogen-bond acceptors (Lipinski definition) is 3. The third-order valence-corrected chi connectivity index (χ3v) is 5.39. The molecule has 1 aliphatic heterocycles. The molecule has 3 atom stereocenters. The van der Waals surface area contributed by atoms with Gasteiger partial charge in [-0.2, -0.15) is 0 Å². The molecule has 0 saturated heterocycles. The zero-order valence-electron chi connectivity index (χ0n) is 13.2. The average Bonchev–Trinajstić information content (AvgIpc) is 3.04. The number of nitro groups is 1. The van der Waals surface area contributed by atoms with Gasteiger partial charge >= 0.3 is 0 Å². The van der Waals surface area contributed by atoms with Crippen LogP contribution in [0.4, 0.5) is 11.4 Å². The third-order valence-electron chi connectivity index (χ3n) is 5.04. The number of benzene rings is 2. The van der Waals surface area contributed by atoms with Crippen molar-refractivity contribution in [3.63, 3.8) is 0 Å². The van der Waals surface area contributed by atoms with Gasteiger partial charge in [-0.3, -0.25) is 10.1 Å². The van der Waals surface area contributed by atoms with Crippen molar-refractivity contribution in [1.29, 1.82) is 0 Å². The van der Waals surface area contributed by atoms with Crippen molar-refractivity contribution in [2.75, 3.05) is 5.32 Å². The number of allylic oxidation sites excluding steroid dienone is 2. The summed E-state index contributed by atoms with van der Waals surface area (Å²) in [6, 6.07) is 11.0. The van der Waals surface area contributed by atoms with Crippen molar-refractivity contribution in [1.82, 2.24) is 0 Å². The van der Waals surface area contributed by atoms with Crippen LogP contribution in [0.2, 0.25) is 5.02 Å². The molecular formula is C19H17ClN2O2. The van der Waals surface area contributed by atoms with E-state index in [-0.39, 0.29) is 16.7 Å². The van der Waals surface area contributed by atoms with Gasteiger partial charge in [-0.05, 0) is 37.0 Å². The van der Waals surface area contributed by atoms with E-state index in [0.29, 0.717) is 16.9 Å². The maximum atomic E-state index is 11.1. The van der Waals surface area contributed by atoms with E-state index < -0.39 is 0 Å². The molecule has 5 heteroatoms. The molecule has 0 saturated carbocycles. The van der Waals surface area contributed by atoms with Crippen molar-refractivity contribution in [2.24, 2.45) is 5.92 Å². The summed E-state index contributed by atoms with van der Waals surface area (Å²) in [5, 5.41) is 15.3. The van der Waals surface area contributed by atoms with Gasteiger partial charge in [0.05, 0.1) is 11.0 Å². The molecule has 1 N–H and O–H groups in total. The highest BCUT2D eigenvalue weighted by Crippen LogP contribution is 2.51. The smallest absolute Gasteiger partial charge is 0.269 e. The zero-order valence-corrected chi connectivity index (χ0v) is 14.0. The Kier molecular flexibility index (Phi) is 3.57. The monoisotopic (exact) mass is 340 g/mol. The second-order valence-corrected chi connectivity index (χ2v) is 6.94. The summed E-state index contributed by atoms with van der Waals surface area (Å²) >= 11 is 6.39. The third kappa shape index (κ3) is 2.38. The molecule has 2 aromatic rings. The van der Waals surface area contributed by atoms with Crippen LogP contribution in [0.15, 0.2) is 48.6 Å². The molecule has 0 fully saturated rings. The van der Waals surface area contributed by atoms with Crippen molar-refractivity contribution >= 4 is 23.0 Å². The number of anilines is 1. The SMILES string of the molecule is Cc1ccc2c(c1)[C@H]1C=CC[C@@H]1[C@H](c1cc([N+](=O)[O-])ccc1Cl)N2. The van der Waals surface area contributed by atoms with Crippen molar-refractivity contribution < 1.29 is 4.92 Å². The number of nitro benzene ring substituents is 1. The molecule has 4 nitrogen and oxygen atoms in total. The zero-order chi connectivity index (χ0) is 16.8. The van der Waals surface area contributed by atoms with Gasteiger partial charge in [0.1, 0.15) is 0 Å². The second-order valence-electron chi connectivity index (χ2n) is 6.53. The molecule has 1 aliphatic carbocycles. The topological polar surface area (TPSA) is 55.2 Å². The van der Waals surface area contributed by atoms with Crippen LogP contribution < -0.4 is 5.32 Å². The van der Waals surface area contributed by atoms with Gasteiger partial charge in [0.2, 0.25) is 0 Å². The Bertz CT molecular complexity index is 862. The molecule has 122 valence electrons. The van der Waals surface area contributed by atoms with Gasteiger partial charge < -0.3 is 5.32 Å². The van der Waals surface area contributed by atoms with E-state index in [1.54, 1.807) is 12.1 Å². The van der Waals surface area contributed by atoms with Gasteiger partial charge in [0.25, 0.3) is 5.69 Å². The van der Waals surface area contributed by atoms with E-state index in [1.807, 2.05) is 0 Å². The molecule has 0 radical (unpaired) electrons. The molecule has 4 rings (SSSR count). The normalized spacial score (nSPS) is 24.2. The lowest BCUT2D eigenvalue weighted by atomic mass is 9.76. The highest BCUT2D eigenvalue weighted by atomic mass is 35.5. The predicted octanol–water partition coefficient (Wildman–Crippen LogP) is 5.38. The van der Waals surface area contributed by atoms with Gasteiger partial charge in [-0.25, -0.2) is 0 Å². The fraction of sp³-hybridized carbons (Fsp3) is 0.263. The molecule has 2 aromatic carbocycles. The van der Waals surface area contributed by atoms with Crippen molar-refractivity contribution in [2.45, 2.75) is 25.3 Å². The lowest BCUT2D eigenvalue weighted by Gasteiger charge is -2.38. The van der Waals surface area contributed by atoms with Gasteiger partial charge in [-0.15, -0.1) is 0 Å². The van der Waals surface area contributed by atoms with Gasteiger partial charge in [0, 0.05) is 34.3 Å². The van der Waals surface area contributed by atoms with Crippen LogP contribution in [-0.2, 0) is 0 Å². The van der Waals surface area contributed by atoms with E-state index >= 15 is 0 Å². The van der Waals surface area contributed by atoms with Crippen molar-refractivity contribution in [3.05, 3.63) is 80.4 Å². The predicted molar refractivity (Wildman–Crippen MR) is 95.6 cm³/mol. The number of rotatable bonds is 2. The first-order valence-electron chi connectivity index (χ1n) is 8.02. The Morgan fingerprint density at radius 2 is 2.04 bits per heavy atom.